The van der Waals surface area contributed by atoms with Gasteiger partial charge in [0.1, 0.15) is 11.2 Å². The van der Waals surface area contributed by atoms with Gasteiger partial charge in [-0.15, -0.1) is 0 Å². The average Bonchev–Trinajstić information content (AvgIpc) is 3.58. The molecular formula is C45H27N3O. The summed E-state index contributed by atoms with van der Waals surface area (Å²) in [5.41, 5.74) is 6.84. The first-order valence-electron chi connectivity index (χ1n) is 16.5. The second kappa shape index (κ2) is 11.0. The number of furan rings is 1. The van der Waals surface area contributed by atoms with Crippen molar-refractivity contribution in [1.29, 1.82) is 0 Å². The van der Waals surface area contributed by atoms with Gasteiger partial charge in [-0.05, 0) is 50.2 Å². The van der Waals surface area contributed by atoms with Crippen molar-refractivity contribution in [1.82, 2.24) is 15.0 Å². The van der Waals surface area contributed by atoms with E-state index in [4.69, 9.17) is 19.4 Å². The standard InChI is InChI=1S/C45H27N3O/c1-3-12-29(13-4-1)43-46-44(30-14-5-2-6-15-30)48-45(47-43)31-24-22-28(23-25-31)32-20-11-21-39-40(32)38-27-26-37-35-18-8-7-16-33(35)34-17-9-10-19-36(34)41(37)42(38)49-39/h1-27H. The minimum absolute atomic E-state index is 0.636. The average molecular weight is 626 g/mol. The molecule has 0 aliphatic heterocycles. The maximum absolute atomic E-state index is 6.76. The summed E-state index contributed by atoms with van der Waals surface area (Å²) >= 11 is 0. The van der Waals surface area contributed by atoms with Crippen molar-refractivity contribution in [2.75, 3.05) is 0 Å². The quantitative estimate of drug-likeness (QED) is 0.183. The smallest absolute Gasteiger partial charge is 0.164 e. The number of hydrogen-bond acceptors (Lipinski definition) is 4. The fraction of sp³-hybridized carbons (Fsp3) is 0. The second-order valence-corrected chi connectivity index (χ2v) is 12.4. The first kappa shape index (κ1) is 27.5. The Balaban J connectivity index is 1.14. The Kier molecular flexibility index (Phi) is 6.15. The van der Waals surface area contributed by atoms with E-state index in [1.807, 2.05) is 60.7 Å². The van der Waals surface area contributed by atoms with E-state index in [0.717, 1.165) is 55.1 Å². The number of rotatable bonds is 4. The number of aromatic nitrogens is 3. The summed E-state index contributed by atoms with van der Waals surface area (Å²) in [7, 11) is 0. The van der Waals surface area contributed by atoms with Crippen molar-refractivity contribution < 1.29 is 4.42 Å². The lowest BCUT2D eigenvalue weighted by molar-refractivity contribution is 0.673. The number of fused-ring (bicyclic) bond motifs is 10. The van der Waals surface area contributed by atoms with Crippen LogP contribution in [0.1, 0.15) is 0 Å². The Morgan fingerprint density at radius 1 is 0.306 bits per heavy atom. The SMILES string of the molecule is c1ccc(-c2nc(-c3ccccc3)nc(-c3ccc(-c4cccc5oc6c(ccc7c8ccccc8c8ccccc8c76)c45)cc3)n2)cc1. The molecule has 0 aliphatic rings. The topological polar surface area (TPSA) is 51.8 Å². The summed E-state index contributed by atoms with van der Waals surface area (Å²) in [6.45, 7) is 0. The molecule has 0 atom stereocenters. The number of benzene rings is 8. The largest absolute Gasteiger partial charge is 0.455 e. The summed E-state index contributed by atoms with van der Waals surface area (Å²) in [5, 5.41) is 9.51. The Hall–Kier alpha value is -6.65. The van der Waals surface area contributed by atoms with Gasteiger partial charge >= 0.3 is 0 Å². The van der Waals surface area contributed by atoms with Crippen LogP contribution in [-0.2, 0) is 0 Å². The lowest BCUT2D eigenvalue weighted by Gasteiger charge is -2.11. The molecule has 0 saturated carbocycles. The first-order valence-corrected chi connectivity index (χ1v) is 16.5. The molecule has 0 amide bonds. The molecule has 10 rings (SSSR count). The monoisotopic (exact) mass is 625 g/mol. The maximum atomic E-state index is 6.76. The van der Waals surface area contributed by atoms with E-state index in [2.05, 4.69) is 103 Å². The zero-order valence-corrected chi connectivity index (χ0v) is 26.3. The van der Waals surface area contributed by atoms with E-state index < -0.39 is 0 Å². The van der Waals surface area contributed by atoms with Crippen molar-refractivity contribution in [2.24, 2.45) is 0 Å². The molecule has 2 heterocycles. The molecular weight excluding hydrogens is 599 g/mol. The third-order valence-corrected chi connectivity index (χ3v) is 9.52. The third-order valence-electron chi connectivity index (χ3n) is 9.52. The molecule has 4 heteroatoms. The molecule has 8 aromatic carbocycles. The van der Waals surface area contributed by atoms with Crippen LogP contribution < -0.4 is 0 Å². The van der Waals surface area contributed by atoms with Crippen LogP contribution in [0.5, 0.6) is 0 Å². The Labute approximate surface area is 282 Å². The molecule has 49 heavy (non-hydrogen) atoms. The molecule has 0 fully saturated rings. The van der Waals surface area contributed by atoms with Crippen molar-refractivity contribution in [3.63, 3.8) is 0 Å². The van der Waals surface area contributed by atoms with Gasteiger partial charge in [0, 0.05) is 32.8 Å². The van der Waals surface area contributed by atoms with Crippen molar-refractivity contribution in [3.8, 4) is 45.3 Å². The summed E-state index contributed by atoms with van der Waals surface area (Å²) in [5.74, 6) is 1.93. The summed E-state index contributed by atoms with van der Waals surface area (Å²) in [6, 6.07) is 56.8. The lowest BCUT2D eigenvalue weighted by Crippen LogP contribution is -2.00. The van der Waals surface area contributed by atoms with Gasteiger partial charge in [0.25, 0.3) is 0 Å². The summed E-state index contributed by atoms with van der Waals surface area (Å²) < 4.78 is 6.76. The maximum Gasteiger partial charge on any atom is 0.164 e. The summed E-state index contributed by atoms with van der Waals surface area (Å²) in [4.78, 5) is 14.7. The Morgan fingerprint density at radius 3 is 1.35 bits per heavy atom. The molecule has 0 bridgehead atoms. The van der Waals surface area contributed by atoms with Crippen molar-refractivity contribution in [2.45, 2.75) is 0 Å². The highest BCUT2D eigenvalue weighted by Crippen LogP contribution is 2.44. The fourth-order valence-corrected chi connectivity index (χ4v) is 7.25. The molecule has 0 radical (unpaired) electrons. The minimum Gasteiger partial charge on any atom is -0.455 e. The van der Waals surface area contributed by atoms with Crippen LogP contribution in [0.4, 0.5) is 0 Å². The van der Waals surface area contributed by atoms with Crippen LogP contribution in [0.25, 0.3) is 99.5 Å². The van der Waals surface area contributed by atoms with Crippen LogP contribution in [0.15, 0.2) is 168 Å². The zero-order valence-electron chi connectivity index (χ0n) is 26.3. The highest BCUT2D eigenvalue weighted by atomic mass is 16.3. The Morgan fingerprint density at radius 2 is 0.755 bits per heavy atom. The molecule has 228 valence electrons. The van der Waals surface area contributed by atoms with Crippen molar-refractivity contribution in [3.05, 3.63) is 164 Å². The first-order chi connectivity index (χ1) is 24.3. The van der Waals surface area contributed by atoms with Crippen LogP contribution >= 0.6 is 0 Å². The van der Waals surface area contributed by atoms with Gasteiger partial charge in [-0.1, -0.05) is 152 Å². The van der Waals surface area contributed by atoms with E-state index in [0.29, 0.717) is 17.5 Å². The number of hydrogen-bond donors (Lipinski definition) is 0. The van der Waals surface area contributed by atoms with Gasteiger partial charge in [0.15, 0.2) is 17.5 Å². The van der Waals surface area contributed by atoms with E-state index in [1.54, 1.807) is 0 Å². The van der Waals surface area contributed by atoms with Gasteiger partial charge < -0.3 is 4.42 Å². The molecule has 0 saturated heterocycles. The van der Waals surface area contributed by atoms with Gasteiger partial charge in [0.2, 0.25) is 0 Å². The number of nitrogens with zero attached hydrogens (tertiary/aromatic N) is 3. The molecule has 0 N–H and O–H groups in total. The van der Waals surface area contributed by atoms with Gasteiger partial charge in [-0.3, -0.25) is 0 Å². The van der Waals surface area contributed by atoms with Gasteiger partial charge in [-0.2, -0.15) is 0 Å². The molecule has 4 nitrogen and oxygen atoms in total. The van der Waals surface area contributed by atoms with Crippen LogP contribution in [0.2, 0.25) is 0 Å². The second-order valence-electron chi connectivity index (χ2n) is 12.4. The highest BCUT2D eigenvalue weighted by molar-refractivity contribution is 6.32. The van der Waals surface area contributed by atoms with Crippen LogP contribution in [-0.4, -0.2) is 15.0 Å². The third kappa shape index (κ3) is 4.42. The van der Waals surface area contributed by atoms with E-state index >= 15 is 0 Å². The van der Waals surface area contributed by atoms with Gasteiger partial charge in [0.05, 0.1) is 0 Å². The van der Waals surface area contributed by atoms with Gasteiger partial charge in [-0.25, -0.2) is 15.0 Å². The van der Waals surface area contributed by atoms with Crippen LogP contribution in [0.3, 0.4) is 0 Å². The molecule has 0 aliphatic carbocycles. The normalized spacial score (nSPS) is 11.7. The van der Waals surface area contributed by atoms with E-state index in [1.165, 1.54) is 26.9 Å². The predicted molar refractivity (Wildman–Crippen MR) is 201 cm³/mol. The predicted octanol–water partition coefficient (Wildman–Crippen LogP) is 11.9. The zero-order chi connectivity index (χ0) is 32.3. The highest BCUT2D eigenvalue weighted by Gasteiger charge is 2.19. The Bertz CT molecular complexity index is 2770. The van der Waals surface area contributed by atoms with E-state index in [-0.39, 0.29) is 0 Å². The van der Waals surface area contributed by atoms with E-state index in [9.17, 15) is 0 Å². The molecule has 2 aromatic heterocycles. The minimum atomic E-state index is 0.636. The molecule has 10 aromatic rings. The summed E-state index contributed by atoms with van der Waals surface area (Å²) in [6.07, 6.45) is 0. The molecule has 0 unspecified atom stereocenters. The fourth-order valence-electron chi connectivity index (χ4n) is 7.25. The van der Waals surface area contributed by atoms with Crippen molar-refractivity contribution >= 4 is 54.3 Å². The lowest BCUT2D eigenvalue weighted by atomic mass is 9.92. The van der Waals surface area contributed by atoms with Crippen LogP contribution in [0, 0.1) is 0 Å². The molecule has 0 spiro atoms.